The Morgan fingerprint density at radius 2 is 2.38 bits per heavy atom. The zero-order valence-electron chi connectivity index (χ0n) is 9.91. The molecule has 1 atom stereocenters. The monoisotopic (exact) mass is 245 g/mol. The minimum absolute atomic E-state index is 0.273. The lowest BCUT2D eigenvalue weighted by Crippen LogP contribution is -2.18. The summed E-state index contributed by atoms with van der Waals surface area (Å²) in [5, 5.41) is 12.8. The quantitative estimate of drug-likeness (QED) is 0.717. The van der Waals surface area contributed by atoms with Crippen LogP contribution < -0.4 is 5.32 Å². The maximum absolute atomic E-state index is 8.86. The lowest BCUT2D eigenvalue weighted by molar-refractivity contribution is 0.228. The van der Waals surface area contributed by atoms with Crippen molar-refractivity contribution in [2.45, 2.75) is 26.3 Å². The summed E-state index contributed by atoms with van der Waals surface area (Å²) in [6, 6.07) is 0. The summed E-state index contributed by atoms with van der Waals surface area (Å²) in [4.78, 5) is 4.19. The number of nitrogens with one attached hydrogen (secondary N) is 1. The Balaban J connectivity index is 2.14. The first kappa shape index (κ1) is 13.5. The Morgan fingerprint density at radius 1 is 1.62 bits per heavy atom. The van der Waals surface area contributed by atoms with E-state index in [0.29, 0.717) is 11.1 Å². The van der Waals surface area contributed by atoms with Crippen LogP contribution in [0.25, 0.3) is 0 Å². The molecule has 4 nitrogen and oxygen atoms in total. The van der Waals surface area contributed by atoms with Crippen molar-refractivity contribution in [2.75, 3.05) is 13.2 Å². The molecule has 92 valence electrons. The van der Waals surface area contributed by atoms with Gasteiger partial charge in [0.1, 0.15) is 11.0 Å². The van der Waals surface area contributed by atoms with Crippen LogP contribution in [0.15, 0.2) is 6.20 Å². The minimum atomic E-state index is 0.273. The number of halogens is 1. The van der Waals surface area contributed by atoms with Crippen LogP contribution in [0.4, 0.5) is 0 Å². The maximum Gasteiger partial charge on any atom is 0.128 e. The number of hydrogen-bond donors (Lipinski definition) is 2. The number of imidazole rings is 1. The van der Waals surface area contributed by atoms with Gasteiger partial charge in [-0.1, -0.05) is 18.5 Å². The van der Waals surface area contributed by atoms with E-state index in [-0.39, 0.29) is 6.61 Å². The van der Waals surface area contributed by atoms with Crippen molar-refractivity contribution >= 4 is 11.6 Å². The molecule has 1 aromatic heterocycles. The third-order valence-electron chi connectivity index (χ3n) is 2.67. The Morgan fingerprint density at radius 3 is 2.94 bits per heavy atom. The van der Waals surface area contributed by atoms with Crippen molar-refractivity contribution in [3.05, 3.63) is 17.2 Å². The van der Waals surface area contributed by atoms with Gasteiger partial charge in [-0.3, -0.25) is 0 Å². The number of aliphatic hydroxyl groups is 1. The molecule has 0 bridgehead atoms. The number of hydrogen-bond acceptors (Lipinski definition) is 3. The molecule has 2 N–H and O–H groups in total. The van der Waals surface area contributed by atoms with Gasteiger partial charge in [-0.05, 0) is 25.3 Å². The molecule has 16 heavy (non-hydrogen) atoms. The fourth-order valence-electron chi connectivity index (χ4n) is 1.46. The highest BCUT2D eigenvalue weighted by molar-refractivity contribution is 6.29. The van der Waals surface area contributed by atoms with Gasteiger partial charge in [-0.15, -0.1) is 0 Å². The number of nitrogens with zero attached hydrogens (tertiary/aromatic N) is 2. The van der Waals surface area contributed by atoms with E-state index in [1.807, 2.05) is 11.6 Å². The van der Waals surface area contributed by atoms with Crippen molar-refractivity contribution < 1.29 is 5.11 Å². The maximum atomic E-state index is 8.86. The molecular formula is C11H20ClN3O. The fraction of sp³-hybridized carbons (Fsp3) is 0.727. The molecule has 0 aliphatic heterocycles. The largest absolute Gasteiger partial charge is 0.396 e. The number of aromatic nitrogens is 2. The molecule has 0 saturated heterocycles. The van der Waals surface area contributed by atoms with Crippen LogP contribution in [0.1, 0.15) is 25.6 Å². The Labute approximate surface area is 102 Å². The second-order valence-electron chi connectivity index (χ2n) is 4.16. The smallest absolute Gasteiger partial charge is 0.128 e. The van der Waals surface area contributed by atoms with Crippen LogP contribution >= 0.6 is 11.6 Å². The van der Waals surface area contributed by atoms with E-state index in [2.05, 4.69) is 17.2 Å². The van der Waals surface area contributed by atoms with E-state index in [9.17, 15) is 0 Å². The molecule has 0 aliphatic carbocycles. The zero-order chi connectivity index (χ0) is 12.0. The minimum Gasteiger partial charge on any atom is -0.396 e. The second-order valence-corrected chi connectivity index (χ2v) is 4.55. The number of aliphatic hydroxyl groups excluding tert-OH is 1. The van der Waals surface area contributed by atoms with Crippen molar-refractivity contribution in [3.63, 3.8) is 0 Å². The summed E-state index contributed by atoms with van der Waals surface area (Å²) in [5.74, 6) is 1.34. The summed E-state index contributed by atoms with van der Waals surface area (Å²) in [6.45, 7) is 4.00. The molecule has 5 heteroatoms. The van der Waals surface area contributed by atoms with Crippen molar-refractivity contribution in [1.82, 2.24) is 14.9 Å². The SMILES string of the molecule is CC(CO)CCCNCc1ncc(Cl)n1C. The lowest BCUT2D eigenvalue weighted by Gasteiger charge is -2.08. The van der Waals surface area contributed by atoms with Gasteiger partial charge in [0, 0.05) is 13.7 Å². The van der Waals surface area contributed by atoms with Gasteiger partial charge < -0.3 is 15.0 Å². The molecule has 1 aromatic rings. The van der Waals surface area contributed by atoms with E-state index in [1.54, 1.807) is 6.20 Å². The third-order valence-corrected chi connectivity index (χ3v) is 3.02. The number of rotatable bonds is 7. The second kappa shape index (κ2) is 6.89. The zero-order valence-corrected chi connectivity index (χ0v) is 10.7. The highest BCUT2D eigenvalue weighted by atomic mass is 35.5. The predicted molar refractivity (Wildman–Crippen MR) is 65.4 cm³/mol. The first-order valence-corrected chi connectivity index (χ1v) is 6.00. The molecule has 0 amide bonds. The van der Waals surface area contributed by atoms with Crippen molar-refractivity contribution in [1.29, 1.82) is 0 Å². The van der Waals surface area contributed by atoms with Crippen LogP contribution in [-0.4, -0.2) is 27.8 Å². The Bertz CT molecular complexity index is 314. The van der Waals surface area contributed by atoms with Gasteiger partial charge in [-0.25, -0.2) is 4.98 Å². The van der Waals surface area contributed by atoms with Crippen LogP contribution in [0, 0.1) is 5.92 Å². The molecule has 1 rings (SSSR count). The van der Waals surface area contributed by atoms with Crippen LogP contribution in [0.2, 0.25) is 5.15 Å². The summed E-state index contributed by atoms with van der Waals surface area (Å²) >= 11 is 5.87. The average Bonchev–Trinajstić information content (AvgIpc) is 2.60. The highest BCUT2D eigenvalue weighted by Gasteiger charge is 2.03. The van der Waals surface area contributed by atoms with Gasteiger partial charge in [0.05, 0.1) is 12.7 Å². The first-order valence-electron chi connectivity index (χ1n) is 5.62. The molecule has 0 spiro atoms. The molecule has 0 aliphatic rings. The Kier molecular flexibility index (Phi) is 5.80. The van der Waals surface area contributed by atoms with Gasteiger partial charge >= 0.3 is 0 Å². The van der Waals surface area contributed by atoms with E-state index in [4.69, 9.17) is 16.7 Å². The van der Waals surface area contributed by atoms with E-state index >= 15 is 0 Å². The normalized spacial score (nSPS) is 13.0. The summed E-state index contributed by atoms with van der Waals surface area (Å²) in [6.07, 6.45) is 3.77. The van der Waals surface area contributed by atoms with Crippen molar-refractivity contribution in [2.24, 2.45) is 13.0 Å². The lowest BCUT2D eigenvalue weighted by atomic mass is 10.1. The van der Waals surface area contributed by atoms with E-state index in [1.165, 1.54) is 0 Å². The van der Waals surface area contributed by atoms with Gasteiger partial charge in [0.15, 0.2) is 0 Å². The van der Waals surface area contributed by atoms with Crippen molar-refractivity contribution in [3.8, 4) is 0 Å². The highest BCUT2D eigenvalue weighted by Crippen LogP contribution is 2.08. The van der Waals surface area contributed by atoms with Gasteiger partial charge in [0.2, 0.25) is 0 Å². The van der Waals surface area contributed by atoms with Gasteiger partial charge in [0.25, 0.3) is 0 Å². The molecule has 0 fully saturated rings. The molecular weight excluding hydrogens is 226 g/mol. The average molecular weight is 246 g/mol. The summed E-state index contributed by atoms with van der Waals surface area (Å²) < 4.78 is 1.87. The summed E-state index contributed by atoms with van der Waals surface area (Å²) in [7, 11) is 1.90. The standard InChI is InChI=1S/C11H20ClN3O/c1-9(8-16)4-3-5-13-7-11-14-6-10(12)15(11)2/h6,9,13,16H,3-5,7-8H2,1-2H3. The Hall–Kier alpha value is -0.580. The fourth-order valence-corrected chi connectivity index (χ4v) is 1.60. The molecule has 0 aromatic carbocycles. The van der Waals surface area contributed by atoms with Crippen LogP contribution in [-0.2, 0) is 13.6 Å². The molecule has 1 heterocycles. The first-order chi connectivity index (χ1) is 7.65. The van der Waals surface area contributed by atoms with E-state index in [0.717, 1.165) is 31.8 Å². The molecule has 0 saturated carbocycles. The predicted octanol–water partition coefficient (Wildman–Crippen LogP) is 1.57. The van der Waals surface area contributed by atoms with Gasteiger partial charge in [-0.2, -0.15) is 0 Å². The summed E-state index contributed by atoms with van der Waals surface area (Å²) in [5.41, 5.74) is 0. The van der Waals surface area contributed by atoms with Crippen LogP contribution in [0.3, 0.4) is 0 Å². The van der Waals surface area contributed by atoms with Crippen LogP contribution in [0.5, 0.6) is 0 Å². The topological polar surface area (TPSA) is 50.1 Å². The third kappa shape index (κ3) is 4.12. The molecule has 0 radical (unpaired) electrons. The van der Waals surface area contributed by atoms with E-state index < -0.39 is 0 Å². The molecule has 1 unspecified atom stereocenters.